The van der Waals surface area contributed by atoms with Crippen LogP contribution in [-0.2, 0) is 5.41 Å². The van der Waals surface area contributed by atoms with Gasteiger partial charge >= 0.3 is 0 Å². The first kappa shape index (κ1) is 33.6. The van der Waals surface area contributed by atoms with Crippen LogP contribution in [0.15, 0.2) is 199 Å². The Morgan fingerprint density at radius 3 is 2.05 bits per heavy atom. The number of anilines is 3. The van der Waals surface area contributed by atoms with E-state index in [0.717, 1.165) is 33.3 Å². The summed E-state index contributed by atoms with van der Waals surface area (Å²) < 4.78 is 8.88. The highest BCUT2D eigenvalue weighted by molar-refractivity contribution is 6.14. The number of hydrogen-bond donors (Lipinski definition) is 0. The van der Waals surface area contributed by atoms with Gasteiger partial charge in [0.2, 0.25) is 0 Å². The Morgan fingerprint density at radius 2 is 1.15 bits per heavy atom. The standard InChI is InChI=1S/C57H40N2O/c1-2-13-39-34-42(28-24-37(39)12-1)59-51-18-7-4-15-46(51)48-35-40(25-31-52(48)59)38-22-26-41(27-23-38)58(53-19-11-21-55-56(53)47-16-5-8-20-54(47)60-55)43-29-30-45-44-14-3-6-17-49(44)57(50(45)36-43)32-9-10-33-57/h1-8,11-31,34-36H,9-10,32-33H2. The van der Waals surface area contributed by atoms with E-state index in [-0.39, 0.29) is 5.41 Å². The topological polar surface area (TPSA) is 21.3 Å². The van der Waals surface area contributed by atoms with Crippen LogP contribution in [0.3, 0.4) is 0 Å². The number of benzene rings is 9. The van der Waals surface area contributed by atoms with Gasteiger partial charge in [0, 0.05) is 38.6 Å². The maximum Gasteiger partial charge on any atom is 0.137 e. The minimum atomic E-state index is 0.0713. The van der Waals surface area contributed by atoms with Crippen LogP contribution in [-0.4, -0.2) is 4.57 Å². The van der Waals surface area contributed by atoms with Crippen LogP contribution in [0.1, 0.15) is 36.8 Å². The van der Waals surface area contributed by atoms with Crippen LogP contribution in [0.2, 0.25) is 0 Å². The summed E-state index contributed by atoms with van der Waals surface area (Å²) in [6.45, 7) is 0. The molecule has 284 valence electrons. The fourth-order valence-electron chi connectivity index (χ4n) is 11.0. The number of para-hydroxylation sites is 2. The molecule has 1 saturated carbocycles. The Balaban J connectivity index is 0.960. The number of nitrogens with zero attached hydrogens (tertiary/aromatic N) is 2. The minimum Gasteiger partial charge on any atom is -0.456 e. The molecule has 60 heavy (non-hydrogen) atoms. The number of furan rings is 1. The van der Waals surface area contributed by atoms with Crippen LogP contribution < -0.4 is 4.90 Å². The molecule has 2 heterocycles. The van der Waals surface area contributed by atoms with Gasteiger partial charge in [-0.05, 0) is 130 Å². The summed E-state index contributed by atoms with van der Waals surface area (Å²) in [5.74, 6) is 0. The van der Waals surface area contributed by atoms with Crippen molar-refractivity contribution in [3.8, 4) is 27.9 Å². The van der Waals surface area contributed by atoms with Crippen molar-refractivity contribution >= 4 is 71.6 Å². The van der Waals surface area contributed by atoms with Crippen LogP contribution >= 0.6 is 0 Å². The van der Waals surface area contributed by atoms with Crippen molar-refractivity contribution in [2.45, 2.75) is 31.1 Å². The molecule has 1 fully saturated rings. The lowest BCUT2D eigenvalue weighted by Gasteiger charge is -2.30. The molecule has 1 spiro atoms. The average molecular weight is 769 g/mol. The van der Waals surface area contributed by atoms with Crippen molar-refractivity contribution in [3.05, 3.63) is 205 Å². The fourth-order valence-corrected chi connectivity index (χ4v) is 11.0. The molecular formula is C57H40N2O. The Kier molecular flexibility index (Phi) is 7.18. The van der Waals surface area contributed by atoms with Gasteiger partial charge in [-0.1, -0.05) is 134 Å². The van der Waals surface area contributed by atoms with Crippen molar-refractivity contribution < 1.29 is 4.42 Å². The summed E-state index contributed by atoms with van der Waals surface area (Å²) in [5, 5.41) is 7.25. The van der Waals surface area contributed by atoms with Crippen molar-refractivity contribution in [2.24, 2.45) is 0 Å². The van der Waals surface area contributed by atoms with Crippen LogP contribution in [0, 0.1) is 0 Å². The van der Waals surface area contributed by atoms with Gasteiger partial charge in [-0.15, -0.1) is 0 Å². The van der Waals surface area contributed by atoms with Gasteiger partial charge in [0.05, 0.1) is 22.1 Å². The molecule has 0 N–H and O–H groups in total. The molecule has 3 heteroatoms. The maximum atomic E-state index is 6.47. The van der Waals surface area contributed by atoms with Crippen LogP contribution in [0.4, 0.5) is 17.1 Å². The van der Waals surface area contributed by atoms with E-state index >= 15 is 0 Å². The summed E-state index contributed by atoms with van der Waals surface area (Å²) in [5.41, 5.74) is 17.0. The molecule has 9 aromatic carbocycles. The molecule has 0 aliphatic heterocycles. The molecule has 13 rings (SSSR count). The summed E-state index contributed by atoms with van der Waals surface area (Å²) in [7, 11) is 0. The molecule has 0 radical (unpaired) electrons. The number of rotatable bonds is 5. The van der Waals surface area contributed by atoms with E-state index in [9.17, 15) is 0 Å². The van der Waals surface area contributed by atoms with Crippen LogP contribution in [0.25, 0.3) is 82.5 Å². The minimum absolute atomic E-state index is 0.0713. The fraction of sp³-hybridized carbons (Fsp3) is 0.0877. The first-order chi connectivity index (χ1) is 29.7. The van der Waals surface area contributed by atoms with E-state index in [1.807, 2.05) is 0 Å². The van der Waals surface area contributed by atoms with Gasteiger partial charge in [0.25, 0.3) is 0 Å². The van der Waals surface area contributed by atoms with E-state index in [0.29, 0.717) is 0 Å². The monoisotopic (exact) mass is 768 g/mol. The lowest BCUT2D eigenvalue weighted by Crippen LogP contribution is -2.21. The Labute approximate surface area is 348 Å². The normalized spacial score (nSPS) is 14.2. The molecule has 2 aliphatic carbocycles. The Hall–Kier alpha value is -7.36. The van der Waals surface area contributed by atoms with E-state index in [1.54, 1.807) is 0 Å². The number of fused-ring (bicyclic) bond motifs is 12. The molecule has 3 nitrogen and oxygen atoms in total. The highest BCUT2D eigenvalue weighted by Gasteiger charge is 2.45. The molecule has 0 atom stereocenters. The van der Waals surface area contributed by atoms with Gasteiger partial charge < -0.3 is 13.9 Å². The van der Waals surface area contributed by atoms with E-state index in [1.165, 1.54) is 103 Å². The first-order valence-electron chi connectivity index (χ1n) is 21.3. The van der Waals surface area contributed by atoms with Gasteiger partial charge in [-0.2, -0.15) is 0 Å². The third-order valence-electron chi connectivity index (χ3n) is 13.7. The highest BCUT2D eigenvalue weighted by Crippen LogP contribution is 2.58. The first-order valence-corrected chi connectivity index (χ1v) is 21.3. The van der Waals surface area contributed by atoms with Gasteiger partial charge in [0.15, 0.2) is 0 Å². The van der Waals surface area contributed by atoms with E-state index in [2.05, 4.69) is 204 Å². The summed E-state index contributed by atoms with van der Waals surface area (Å²) in [4.78, 5) is 2.46. The molecular weight excluding hydrogens is 729 g/mol. The maximum absolute atomic E-state index is 6.47. The predicted molar refractivity (Wildman–Crippen MR) is 250 cm³/mol. The SMILES string of the molecule is c1ccc2c(c1)-c1ccc(N(c3ccc(-c4ccc5c(c4)c4ccccc4n5-c4ccc5ccccc5c4)cc3)c3cccc4oc5ccccc5c34)cc1C21CCCC1. The molecule has 2 aromatic heterocycles. The second kappa shape index (κ2) is 12.8. The lowest BCUT2D eigenvalue weighted by molar-refractivity contribution is 0.550. The van der Waals surface area contributed by atoms with Crippen molar-refractivity contribution in [1.82, 2.24) is 4.57 Å². The summed E-state index contributed by atoms with van der Waals surface area (Å²) in [6.07, 6.45) is 4.92. The molecule has 0 bridgehead atoms. The van der Waals surface area contributed by atoms with Crippen molar-refractivity contribution in [3.63, 3.8) is 0 Å². The van der Waals surface area contributed by atoms with E-state index in [4.69, 9.17) is 4.42 Å². The second-order valence-corrected chi connectivity index (χ2v) is 16.8. The summed E-state index contributed by atoms with van der Waals surface area (Å²) in [6, 6.07) is 71.6. The quantitative estimate of drug-likeness (QED) is 0.174. The van der Waals surface area contributed by atoms with Crippen molar-refractivity contribution in [1.29, 1.82) is 0 Å². The Morgan fingerprint density at radius 1 is 0.450 bits per heavy atom. The van der Waals surface area contributed by atoms with Gasteiger partial charge in [-0.3, -0.25) is 0 Å². The number of aromatic nitrogens is 1. The molecule has 0 saturated heterocycles. The smallest absolute Gasteiger partial charge is 0.137 e. The Bertz CT molecular complexity index is 3510. The third kappa shape index (κ3) is 4.84. The molecule has 2 aliphatic rings. The third-order valence-corrected chi connectivity index (χ3v) is 13.7. The van der Waals surface area contributed by atoms with Gasteiger partial charge in [0.1, 0.15) is 11.2 Å². The van der Waals surface area contributed by atoms with Crippen LogP contribution in [0.5, 0.6) is 0 Å². The van der Waals surface area contributed by atoms with E-state index < -0.39 is 0 Å². The highest BCUT2D eigenvalue weighted by atomic mass is 16.3. The molecule has 0 unspecified atom stereocenters. The molecule has 11 aromatic rings. The second-order valence-electron chi connectivity index (χ2n) is 16.8. The summed E-state index contributed by atoms with van der Waals surface area (Å²) >= 11 is 0. The zero-order valence-electron chi connectivity index (χ0n) is 33.1. The lowest BCUT2D eigenvalue weighted by atomic mass is 9.76. The number of hydrogen-bond acceptors (Lipinski definition) is 2. The zero-order valence-corrected chi connectivity index (χ0v) is 33.1. The van der Waals surface area contributed by atoms with Gasteiger partial charge in [-0.25, -0.2) is 0 Å². The predicted octanol–water partition coefficient (Wildman–Crippen LogP) is 15.8. The van der Waals surface area contributed by atoms with Crippen molar-refractivity contribution in [2.75, 3.05) is 4.90 Å². The average Bonchev–Trinajstić information content (AvgIpc) is 4.09. The molecule has 0 amide bonds. The zero-order chi connectivity index (χ0) is 39.4. The largest absolute Gasteiger partial charge is 0.456 e.